The lowest BCUT2D eigenvalue weighted by Crippen LogP contribution is -1.94. The summed E-state index contributed by atoms with van der Waals surface area (Å²) in [5.74, 6) is 0. The molecule has 6 heteroatoms. The van der Waals surface area contributed by atoms with Crippen LogP contribution in [0.25, 0.3) is 0 Å². The van der Waals surface area contributed by atoms with E-state index in [9.17, 15) is 0 Å². The van der Waals surface area contributed by atoms with Gasteiger partial charge in [0, 0.05) is 0 Å². The molecule has 0 amide bonds. The first-order chi connectivity index (χ1) is 4.50. The van der Waals surface area contributed by atoms with E-state index in [4.69, 9.17) is 19.6 Å². The van der Waals surface area contributed by atoms with Crippen LogP contribution in [0.2, 0.25) is 0 Å². The van der Waals surface area contributed by atoms with Gasteiger partial charge in [-0.1, -0.05) is 13.3 Å². The largest absolute Gasteiger partial charge is 0.406 e. The Bertz CT molecular complexity index is 95.3. The molecule has 0 aliphatic rings. The molecule has 0 unspecified atom stereocenters. The van der Waals surface area contributed by atoms with Gasteiger partial charge >= 0.3 is 15.5 Å². The van der Waals surface area contributed by atoms with Crippen molar-refractivity contribution in [2.45, 2.75) is 19.8 Å². The zero-order chi connectivity index (χ0) is 8.20. The van der Waals surface area contributed by atoms with Gasteiger partial charge in [-0.25, -0.2) is 9.79 Å². The maximum absolute atomic E-state index is 8.92. The van der Waals surface area contributed by atoms with Crippen LogP contribution in [-0.4, -0.2) is 25.7 Å². The minimum atomic E-state index is -3.36. The quantitative estimate of drug-likeness (QED) is 0.491. The molecular formula is C4H13O4P2+. The van der Waals surface area contributed by atoms with Crippen molar-refractivity contribution in [3.8, 4) is 0 Å². The third-order valence-electron chi connectivity index (χ3n) is 1.10. The van der Waals surface area contributed by atoms with Crippen LogP contribution in [0.4, 0.5) is 0 Å². The maximum atomic E-state index is 8.92. The predicted molar refractivity (Wildman–Crippen MR) is 42.5 cm³/mol. The highest BCUT2D eigenvalue weighted by Gasteiger charge is 2.43. The Morgan fingerprint density at radius 3 is 2.10 bits per heavy atom. The molecule has 62 valence electrons. The van der Waals surface area contributed by atoms with Crippen molar-refractivity contribution < 1.29 is 19.6 Å². The Morgan fingerprint density at radius 1 is 1.30 bits per heavy atom. The van der Waals surface area contributed by atoms with Gasteiger partial charge in [0.1, 0.15) is 6.16 Å². The lowest BCUT2D eigenvalue weighted by molar-refractivity contribution is 0.434. The summed E-state index contributed by atoms with van der Waals surface area (Å²) in [7, 11) is -5.89. The Kier molecular flexibility index (Phi) is 4.87. The van der Waals surface area contributed by atoms with Crippen LogP contribution < -0.4 is 0 Å². The van der Waals surface area contributed by atoms with Crippen molar-refractivity contribution >= 4 is 15.5 Å². The molecule has 0 radical (unpaired) electrons. The molecule has 0 atom stereocenters. The second kappa shape index (κ2) is 4.55. The maximum Gasteiger partial charge on any atom is 0.406 e. The third-order valence-corrected chi connectivity index (χ3v) is 4.91. The summed E-state index contributed by atoms with van der Waals surface area (Å²) in [5.41, 5.74) is 0. The van der Waals surface area contributed by atoms with Crippen LogP contribution in [0.3, 0.4) is 0 Å². The van der Waals surface area contributed by atoms with Crippen molar-refractivity contribution in [3.05, 3.63) is 0 Å². The molecule has 0 bridgehead atoms. The van der Waals surface area contributed by atoms with Crippen molar-refractivity contribution in [3.63, 3.8) is 0 Å². The number of unbranched alkanes of at least 4 members (excludes halogenated alkanes) is 1. The highest BCUT2D eigenvalue weighted by atomic mass is 32.1. The lowest BCUT2D eigenvalue weighted by atomic mass is 10.4. The molecule has 0 aliphatic carbocycles. The number of hydrogen-bond donors (Lipinski definition) is 4. The molecule has 0 aromatic heterocycles. The molecule has 4 N–H and O–H groups in total. The fraction of sp³-hybridized carbons (Fsp3) is 1.00. The zero-order valence-electron chi connectivity index (χ0n) is 5.80. The van der Waals surface area contributed by atoms with Crippen LogP contribution in [-0.2, 0) is 0 Å². The molecule has 0 heterocycles. The van der Waals surface area contributed by atoms with Gasteiger partial charge < -0.3 is 9.79 Å². The molecule has 0 saturated carbocycles. The Labute approximate surface area is 61.8 Å². The van der Waals surface area contributed by atoms with Gasteiger partial charge in [-0.2, -0.15) is 0 Å². The van der Waals surface area contributed by atoms with E-state index in [2.05, 4.69) is 0 Å². The van der Waals surface area contributed by atoms with Gasteiger partial charge in [-0.3, -0.25) is 0 Å². The molecule has 0 saturated heterocycles. The molecule has 0 spiro atoms. The zero-order valence-corrected chi connectivity index (χ0v) is 7.59. The van der Waals surface area contributed by atoms with Crippen LogP contribution in [0.5, 0.6) is 0 Å². The summed E-state index contributed by atoms with van der Waals surface area (Å²) in [6.45, 7) is 1.90. The van der Waals surface area contributed by atoms with E-state index in [1.54, 1.807) is 0 Å². The summed E-state index contributed by atoms with van der Waals surface area (Å²) in [5, 5.41) is 0. The van der Waals surface area contributed by atoms with Gasteiger partial charge in [-0.15, -0.1) is 0 Å². The SMILES string of the molecule is CCCC[P+](O)(O)P(O)O. The molecule has 0 aliphatic heterocycles. The fourth-order valence-corrected chi connectivity index (χ4v) is 2.34. The monoisotopic (exact) mass is 187 g/mol. The Morgan fingerprint density at radius 2 is 1.80 bits per heavy atom. The van der Waals surface area contributed by atoms with E-state index in [0.29, 0.717) is 6.42 Å². The van der Waals surface area contributed by atoms with Crippen molar-refractivity contribution in [1.29, 1.82) is 0 Å². The molecule has 0 aromatic rings. The second-order valence-corrected chi connectivity index (χ2v) is 7.40. The lowest BCUT2D eigenvalue weighted by Gasteiger charge is -2.10. The Balaban J connectivity index is 3.63. The van der Waals surface area contributed by atoms with E-state index in [0.717, 1.165) is 6.42 Å². The normalized spacial score (nSPS) is 12.6. The van der Waals surface area contributed by atoms with E-state index in [1.807, 2.05) is 6.92 Å². The van der Waals surface area contributed by atoms with E-state index in [1.165, 1.54) is 0 Å². The van der Waals surface area contributed by atoms with E-state index in [-0.39, 0.29) is 6.16 Å². The minimum Gasteiger partial charge on any atom is -0.315 e. The van der Waals surface area contributed by atoms with Crippen molar-refractivity contribution in [2.75, 3.05) is 6.16 Å². The molecular weight excluding hydrogens is 174 g/mol. The van der Waals surface area contributed by atoms with Gasteiger partial charge in [0.2, 0.25) is 0 Å². The predicted octanol–water partition coefficient (Wildman–Crippen LogP) is 0.830. The second-order valence-electron chi connectivity index (χ2n) is 2.04. The molecule has 10 heavy (non-hydrogen) atoms. The highest BCUT2D eigenvalue weighted by molar-refractivity contribution is 8.29. The smallest absolute Gasteiger partial charge is 0.315 e. The topological polar surface area (TPSA) is 80.9 Å². The average molecular weight is 187 g/mol. The Hall–Kier alpha value is 0.700. The summed E-state index contributed by atoms with van der Waals surface area (Å²) >= 11 is 0. The molecule has 0 aromatic carbocycles. The van der Waals surface area contributed by atoms with Crippen LogP contribution >= 0.6 is 15.5 Å². The first kappa shape index (κ1) is 10.7. The summed E-state index contributed by atoms with van der Waals surface area (Å²) in [6, 6.07) is 0. The first-order valence-electron chi connectivity index (χ1n) is 3.02. The number of rotatable bonds is 4. The minimum absolute atomic E-state index is 0.127. The van der Waals surface area contributed by atoms with Gasteiger partial charge in [0.05, 0.1) is 0 Å². The first-order valence-corrected chi connectivity index (χ1v) is 6.86. The van der Waals surface area contributed by atoms with Crippen LogP contribution in [0.1, 0.15) is 19.8 Å². The summed E-state index contributed by atoms with van der Waals surface area (Å²) in [4.78, 5) is 34.8. The van der Waals surface area contributed by atoms with Gasteiger partial charge in [0.25, 0.3) is 0 Å². The molecule has 0 fully saturated rings. The van der Waals surface area contributed by atoms with Crippen LogP contribution in [0.15, 0.2) is 0 Å². The highest BCUT2D eigenvalue weighted by Crippen LogP contribution is 2.75. The van der Waals surface area contributed by atoms with E-state index < -0.39 is 15.5 Å². The fourth-order valence-electron chi connectivity index (χ4n) is 0.460. The summed E-state index contributed by atoms with van der Waals surface area (Å²) < 4.78 is 0. The number of hydrogen-bond acceptors (Lipinski definition) is 4. The van der Waals surface area contributed by atoms with Crippen molar-refractivity contribution in [2.24, 2.45) is 0 Å². The van der Waals surface area contributed by atoms with Crippen molar-refractivity contribution in [1.82, 2.24) is 0 Å². The van der Waals surface area contributed by atoms with Crippen LogP contribution in [0, 0.1) is 0 Å². The summed E-state index contributed by atoms with van der Waals surface area (Å²) in [6.07, 6.45) is 1.58. The van der Waals surface area contributed by atoms with E-state index >= 15 is 0 Å². The van der Waals surface area contributed by atoms with Gasteiger partial charge in [-0.05, 0) is 6.42 Å². The standard InChI is InChI=1S/C4H13O4P2/c1-2-3-4-10(7,8)9(5)6/h5-8H,2-4H2,1H3/q+1. The third kappa shape index (κ3) is 3.77. The molecule has 4 nitrogen and oxygen atoms in total. The van der Waals surface area contributed by atoms with Gasteiger partial charge in [0.15, 0.2) is 0 Å². The average Bonchev–Trinajstić information content (AvgIpc) is 1.84. The molecule has 0 rings (SSSR count).